The summed E-state index contributed by atoms with van der Waals surface area (Å²) in [7, 11) is 0. The van der Waals surface area contributed by atoms with Crippen molar-refractivity contribution < 1.29 is 39.1 Å². The van der Waals surface area contributed by atoms with Gasteiger partial charge in [0.05, 0.1) is 32.0 Å². The number of esters is 1. The molecule has 8 heteroatoms. The first-order valence-corrected chi connectivity index (χ1v) is 28.3. The lowest BCUT2D eigenvalue weighted by Gasteiger charge is -2.34. The second-order valence-electron chi connectivity index (χ2n) is 23.2. The van der Waals surface area contributed by atoms with Crippen LogP contribution in [-0.4, -0.2) is 59.3 Å². The Bertz CT molecular complexity index is 2320. The Morgan fingerprint density at radius 1 is 0.486 bits per heavy atom. The summed E-state index contributed by atoms with van der Waals surface area (Å²) < 4.78 is 17.1. The van der Waals surface area contributed by atoms with Gasteiger partial charge in [0.15, 0.2) is 0 Å². The summed E-state index contributed by atoms with van der Waals surface area (Å²) in [5.74, 6) is 0.993. The summed E-state index contributed by atoms with van der Waals surface area (Å²) in [5.41, 5.74) is 12.6. The third-order valence-electron chi connectivity index (χ3n) is 15.9. The lowest BCUT2D eigenvalue weighted by molar-refractivity contribution is -0.143. The molecular weight excluding hydrogens is 921 g/mol. The number of aryl methyl sites for hydroxylation is 6. The van der Waals surface area contributed by atoms with Gasteiger partial charge in [-0.25, -0.2) is 0 Å². The standard InChI is InChI=1S/C34H52O4.C32H48O4/c1-9-34(10-2,28-18-16-27(25(4)23-28)17-21-31(35)33(6,7)8)29-19-20-30(26(5)24-29)38-22-14-12-13-15-32(36)37-11-3;1-8-32(9-2,26-16-14-25(23(3)21-26)15-19-29(33)31(5,6)7)27-17-18-28(24(4)22-27)36-20-12-10-11-13-30(34)35/h16,18-20,23-24,31,35H,9-15,17,21-22H2,1-8H3;14,16-18,21-22,29,33H,8-13,15,19-20H2,1-7H3,(H,34,35). The zero-order valence-corrected chi connectivity index (χ0v) is 48.9. The maximum atomic E-state index is 11.5. The Morgan fingerprint density at radius 3 is 1.15 bits per heavy atom. The van der Waals surface area contributed by atoms with Crippen LogP contribution in [0.3, 0.4) is 0 Å². The fraction of sp³-hybridized carbons (Fsp3) is 0.606. The van der Waals surface area contributed by atoms with Crippen molar-refractivity contribution in [2.24, 2.45) is 10.8 Å². The van der Waals surface area contributed by atoms with E-state index in [0.717, 1.165) is 106 Å². The average Bonchev–Trinajstić information content (AvgIpc) is 3.34. The van der Waals surface area contributed by atoms with Crippen molar-refractivity contribution in [1.82, 2.24) is 0 Å². The Labute approximate surface area is 449 Å². The van der Waals surface area contributed by atoms with Crippen molar-refractivity contribution in [1.29, 1.82) is 0 Å². The predicted molar refractivity (Wildman–Crippen MR) is 307 cm³/mol. The van der Waals surface area contributed by atoms with E-state index in [-0.39, 0.29) is 46.3 Å². The molecule has 0 amide bonds. The summed E-state index contributed by atoms with van der Waals surface area (Å²) in [6.45, 7) is 33.8. The lowest BCUT2D eigenvalue weighted by atomic mass is 9.69. The van der Waals surface area contributed by atoms with Crippen LogP contribution in [0.2, 0.25) is 0 Å². The lowest BCUT2D eigenvalue weighted by Crippen LogP contribution is -2.27. The van der Waals surface area contributed by atoms with Gasteiger partial charge < -0.3 is 29.5 Å². The van der Waals surface area contributed by atoms with Crippen molar-refractivity contribution >= 4 is 11.9 Å². The van der Waals surface area contributed by atoms with Gasteiger partial charge in [0.2, 0.25) is 0 Å². The number of ether oxygens (including phenoxy) is 3. The van der Waals surface area contributed by atoms with E-state index in [9.17, 15) is 19.8 Å². The van der Waals surface area contributed by atoms with Crippen molar-refractivity contribution in [3.8, 4) is 11.5 Å². The van der Waals surface area contributed by atoms with Crippen molar-refractivity contribution in [3.05, 3.63) is 128 Å². The highest BCUT2D eigenvalue weighted by Gasteiger charge is 2.33. The third kappa shape index (κ3) is 18.6. The van der Waals surface area contributed by atoms with Crippen molar-refractivity contribution in [2.75, 3.05) is 19.8 Å². The summed E-state index contributed by atoms with van der Waals surface area (Å²) in [4.78, 5) is 22.1. The molecule has 0 heterocycles. The van der Waals surface area contributed by atoms with Gasteiger partial charge in [-0.1, -0.05) is 130 Å². The number of aliphatic hydroxyl groups is 2. The molecule has 0 bridgehead atoms. The number of aliphatic hydroxyl groups excluding tert-OH is 2. The highest BCUT2D eigenvalue weighted by Crippen LogP contribution is 2.43. The van der Waals surface area contributed by atoms with E-state index in [1.54, 1.807) is 0 Å². The predicted octanol–water partition coefficient (Wildman–Crippen LogP) is 16.0. The van der Waals surface area contributed by atoms with E-state index in [1.807, 2.05) is 6.92 Å². The number of rotatable bonds is 29. The van der Waals surface area contributed by atoms with Crippen LogP contribution in [-0.2, 0) is 38.0 Å². The van der Waals surface area contributed by atoms with E-state index in [1.165, 1.54) is 44.5 Å². The molecule has 4 aromatic rings. The fourth-order valence-corrected chi connectivity index (χ4v) is 10.4. The molecule has 4 aromatic carbocycles. The Morgan fingerprint density at radius 2 is 0.838 bits per heavy atom. The molecule has 0 fully saturated rings. The molecule has 8 nitrogen and oxygen atoms in total. The number of hydrogen-bond acceptors (Lipinski definition) is 7. The number of aliphatic carboxylic acids is 1. The van der Waals surface area contributed by atoms with Crippen LogP contribution in [0.5, 0.6) is 11.5 Å². The van der Waals surface area contributed by atoms with Crippen molar-refractivity contribution in [2.45, 2.75) is 230 Å². The van der Waals surface area contributed by atoms with E-state index in [4.69, 9.17) is 19.3 Å². The zero-order chi connectivity index (χ0) is 55.3. The van der Waals surface area contributed by atoms with Crippen LogP contribution in [0.15, 0.2) is 72.8 Å². The average molecular weight is 1020 g/mol. The normalized spacial score (nSPS) is 12.9. The van der Waals surface area contributed by atoms with Gasteiger partial charge in [0, 0.05) is 23.7 Å². The van der Waals surface area contributed by atoms with Crippen LogP contribution in [0.1, 0.15) is 222 Å². The minimum Gasteiger partial charge on any atom is -0.493 e. The van der Waals surface area contributed by atoms with Crippen LogP contribution in [0.4, 0.5) is 0 Å². The molecular formula is C66H100O8. The number of benzene rings is 4. The molecule has 0 aromatic heterocycles. The van der Waals surface area contributed by atoms with Crippen LogP contribution in [0, 0.1) is 38.5 Å². The summed E-state index contributed by atoms with van der Waals surface area (Å²) in [5, 5.41) is 29.7. The Balaban J connectivity index is 0.000000391. The van der Waals surface area contributed by atoms with Gasteiger partial charge in [-0.05, 0) is 203 Å². The van der Waals surface area contributed by atoms with Gasteiger partial charge in [-0.15, -0.1) is 0 Å². The number of carboxylic acid groups (broad SMARTS) is 1. The monoisotopic (exact) mass is 1020 g/mol. The van der Waals surface area contributed by atoms with Crippen LogP contribution >= 0.6 is 0 Å². The van der Waals surface area contributed by atoms with Gasteiger partial charge in [-0.2, -0.15) is 0 Å². The fourth-order valence-electron chi connectivity index (χ4n) is 10.4. The molecule has 2 atom stereocenters. The van der Waals surface area contributed by atoms with E-state index in [2.05, 4.69) is 170 Å². The molecule has 0 spiro atoms. The number of hydrogen-bond donors (Lipinski definition) is 3. The number of carboxylic acids is 1. The molecule has 0 aliphatic rings. The quantitative estimate of drug-likeness (QED) is 0.0363. The van der Waals surface area contributed by atoms with Gasteiger partial charge >= 0.3 is 11.9 Å². The topological polar surface area (TPSA) is 123 Å². The molecule has 0 aliphatic carbocycles. The summed E-state index contributed by atoms with van der Waals surface area (Å²) >= 11 is 0. The number of carbonyl (C=O) groups is 2. The first-order valence-electron chi connectivity index (χ1n) is 28.3. The second kappa shape index (κ2) is 30.2. The van der Waals surface area contributed by atoms with Crippen molar-refractivity contribution in [3.63, 3.8) is 0 Å². The highest BCUT2D eigenvalue weighted by molar-refractivity contribution is 5.69. The van der Waals surface area contributed by atoms with Crippen LogP contribution in [0.25, 0.3) is 0 Å². The first kappa shape index (κ1) is 63.6. The minimum atomic E-state index is -0.734. The highest BCUT2D eigenvalue weighted by atomic mass is 16.5. The summed E-state index contributed by atoms with van der Waals surface area (Å²) in [6.07, 6.45) is 12.6. The molecule has 0 saturated heterocycles. The van der Waals surface area contributed by atoms with Crippen LogP contribution < -0.4 is 9.47 Å². The number of carbonyl (C=O) groups excluding carboxylic acids is 1. The molecule has 0 aliphatic heterocycles. The smallest absolute Gasteiger partial charge is 0.305 e. The molecule has 2 unspecified atom stereocenters. The maximum Gasteiger partial charge on any atom is 0.305 e. The van der Waals surface area contributed by atoms with E-state index >= 15 is 0 Å². The molecule has 0 saturated carbocycles. The zero-order valence-electron chi connectivity index (χ0n) is 48.9. The molecule has 4 rings (SSSR count). The largest absolute Gasteiger partial charge is 0.493 e. The van der Waals surface area contributed by atoms with Gasteiger partial charge in [-0.3, -0.25) is 9.59 Å². The molecule has 74 heavy (non-hydrogen) atoms. The number of unbranched alkanes of at least 4 members (excludes halogenated alkanes) is 4. The maximum absolute atomic E-state index is 11.5. The molecule has 3 N–H and O–H groups in total. The molecule has 412 valence electrons. The van der Waals surface area contributed by atoms with Gasteiger partial charge in [0.1, 0.15) is 11.5 Å². The third-order valence-corrected chi connectivity index (χ3v) is 15.9. The Hall–Kier alpha value is -4.66. The Kier molecular flexibility index (Phi) is 25.9. The van der Waals surface area contributed by atoms with E-state index in [0.29, 0.717) is 32.7 Å². The molecule has 0 radical (unpaired) electrons. The first-order chi connectivity index (χ1) is 34.9. The SMILES string of the molecule is CCC(CC)(c1ccc(CCC(O)C(C)(C)C)c(C)c1)c1ccc(OCCCCCC(=O)O)c(C)c1.CCOC(=O)CCCCCOc1ccc(C(CC)(CC)c2ccc(CCC(O)C(C)(C)C)c(C)c2)cc1C. The van der Waals surface area contributed by atoms with Gasteiger partial charge in [0.25, 0.3) is 0 Å². The minimum absolute atomic E-state index is 0.0510. The second-order valence-corrected chi connectivity index (χ2v) is 23.2. The summed E-state index contributed by atoms with van der Waals surface area (Å²) in [6, 6.07) is 27.1. The van der Waals surface area contributed by atoms with E-state index < -0.39 is 5.97 Å².